The topological polar surface area (TPSA) is 55.1 Å². The van der Waals surface area contributed by atoms with Gasteiger partial charge in [-0.3, -0.25) is 0 Å². The molecule has 0 aliphatic heterocycles. The van der Waals surface area contributed by atoms with E-state index in [9.17, 15) is 0 Å². The monoisotopic (exact) mass is 279 g/mol. The molecule has 0 spiro atoms. The van der Waals surface area contributed by atoms with E-state index in [2.05, 4.69) is 39.1 Å². The van der Waals surface area contributed by atoms with Crippen LogP contribution in [0.15, 0.2) is 49.3 Å². The molecule has 0 radical (unpaired) electrons. The Hall–Kier alpha value is -2.69. The van der Waals surface area contributed by atoms with Crippen molar-refractivity contribution < 1.29 is 0 Å². The molecule has 2 aromatic heterocycles. The zero-order valence-electron chi connectivity index (χ0n) is 12.0. The standard InChI is InChI=1S/C16H17N5/c1-3-9-17-15-14(10-13-7-5-4-6-8-13)12(2)20-16-18-11-19-21(15)16/h3-8,11,17H,1,9-10H2,2H3. The third-order valence-corrected chi connectivity index (χ3v) is 3.37. The average molecular weight is 279 g/mol. The first kappa shape index (κ1) is 13.3. The Labute approximate surface area is 123 Å². The number of hydrogen-bond acceptors (Lipinski definition) is 4. The van der Waals surface area contributed by atoms with Gasteiger partial charge < -0.3 is 5.32 Å². The van der Waals surface area contributed by atoms with Gasteiger partial charge in [0, 0.05) is 24.2 Å². The summed E-state index contributed by atoms with van der Waals surface area (Å²) in [5.74, 6) is 1.54. The summed E-state index contributed by atoms with van der Waals surface area (Å²) >= 11 is 0. The number of benzene rings is 1. The van der Waals surface area contributed by atoms with Crippen LogP contribution in [0, 0.1) is 6.92 Å². The van der Waals surface area contributed by atoms with Crippen molar-refractivity contribution in [2.75, 3.05) is 11.9 Å². The lowest BCUT2D eigenvalue weighted by Gasteiger charge is -2.14. The Morgan fingerprint density at radius 3 is 2.86 bits per heavy atom. The van der Waals surface area contributed by atoms with Crippen molar-refractivity contribution in [3.05, 3.63) is 66.1 Å². The second-order valence-corrected chi connectivity index (χ2v) is 4.83. The number of rotatable bonds is 5. The van der Waals surface area contributed by atoms with E-state index in [-0.39, 0.29) is 0 Å². The summed E-state index contributed by atoms with van der Waals surface area (Å²) in [6.07, 6.45) is 4.15. The highest BCUT2D eigenvalue weighted by molar-refractivity contribution is 5.54. The summed E-state index contributed by atoms with van der Waals surface area (Å²) in [6, 6.07) is 10.3. The van der Waals surface area contributed by atoms with Crippen LogP contribution in [-0.2, 0) is 6.42 Å². The predicted octanol–water partition coefficient (Wildman–Crippen LogP) is 2.62. The molecule has 0 unspecified atom stereocenters. The van der Waals surface area contributed by atoms with Gasteiger partial charge in [-0.2, -0.15) is 14.6 Å². The van der Waals surface area contributed by atoms with Gasteiger partial charge in [0.15, 0.2) is 0 Å². The van der Waals surface area contributed by atoms with Gasteiger partial charge >= 0.3 is 0 Å². The van der Waals surface area contributed by atoms with Crippen molar-refractivity contribution in [1.82, 2.24) is 19.6 Å². The lowest BCUT2D eigenvalue weighted by atomic mass is 10.0. The van der Waals surface area contributed by atoms with Crippen molar-refractivity contribution in [2.24, 2.45) is 0 Å². The number of aromatic nitrogens is 4. The van der Waals surface area contributed by atoms with Crippen LogP contribution in [0.4, 0.5) is 5.82 Å². The molecule has 0 atom stereocenters. The molecule has 1 N–H and O–H groups in total. The third-order valence-electron chi connectivity index (χ3n) is 3.37. The maximum atomic E-state index is 4.52. The first-order valence-electron chi connectivity index (χ1n) is 6.87. The molecule has 0 saturated heterocycles. The first-order valence-corrected chi connectivity index (χ1v) is 6.87. The summed E-state index contributed by atoms with van der Waals surface area (Å²) in [5, 5.41) is 7.62. The first-order chi connectivity index (χ1) is 10.3. The molecule has 0 saturated carbocycles. The Bertz CT molecular complexity index is 761. The molecule has 2 heterocycles. The molecule has 5 nitrogen and oxygen atoms in total. The van der Waals surface area contributed by atoms with Crippen LogP contribution < -0.4 is 5.32 Å². The number of nitrogens with one attached hydrogen (secondary N) is 1. The Balaban J connectivity index is 2.10. The second kappa shape index (κ2) is 5.75. The van der Waals surface area contributed by atoms with Gasteiger partial charge in [0.2, 0.25) is 0 Å². The van der Waals surface area contributed by atoms with Crippen molar-refractivity contribution in [1.29, 1.82) is 0 Å². The molecule has 0 bridgehead atoms. The molecule has 21 heavy (non-hydrogen) atoms. The number of fused-ring (bicyclic) bond motifs is 1. The lowest BCUT2D eigenvalue weighted by molar-refractivity contribution is 0.901. The number of hydrogen-bond donors (Lipinski definition) is 1. The molecule has 0 amide bonds. The largest absolute Gasteiger partial charge is 0.366 e. The minimum Gasteiger partial charge on any atom is -0.366 e. The lowest BCUT2D eigenvalue weighted by Crippen LogP contribution is -2.12. The molecule has 3 rings (SSSR count). The quantitative estimate of drug-likeness (QED) is 0.729. The van der Waals surface area contributed by atoms with E-state index in [0.29, 0.717) is 12.3 Å². The fourth-order valence-electron chi connectivity index (χ4n) is 2.35. The SMILES string of the molecule is C=CCNc1c(Cc2ccccc2)c(C)nc2ncnn12. The van der Waals surface area contributed by atoms with Crippen LogP contribution in [0.3, 0.4) is 0 Å². The summed E-state index contributed by atoms with van der Waals surface area (Å²) in [5.41, 5.74) is 3.33. The van der Waals surface area contributed by atoms with E-state index < -0.39 is 0 Å². The maximum absolute atomic E-state index is 4.52. The van der Waals surface area contributed by atoms with Gasteiger partial charge in [-0.1, -0.05) is 36.4 Å². The van der Waals surface area contributed by atoms with Gasteiger partial charge in [-0.05, 0) is 12.5 Å². The van der Waals surface area contributed by atoms with E-state index >= 15 is 0 Å². The van der Waals surface area contributed by atoms with E-state index in [4.69, 9.17) is 0 Å². The van der Waals surface area contributed by atoms with Gasteiger partial charge in [0.25, 0.3) is 5.78 Å². The van der Waals surface area contributed by atoms with E-state index in [0.717, 1.165) is 23.5 Å². The number of anilines is 1. The van der Waals surface area contributed by atoms with E-state index in [1.165, 1.54) is 11.9 Å². The average Bonchev–Trinajstić information content (AvgIpc) is 2.96. The minimum absolute atomic E-state index is 0.607. The van der Waals surface area contributed by atoms with Gasteiger partial charge in [0.1, 0.15) is 12.1 Å². The maximum Gasteiger partial charge on any atom is 0.254 e. The highest BCUT2D eigenvalue weighted by atomic mass is 15.4. The molecule has 5 heteroatoms. The summed E-state index contributed by atoms with van der Waals surface area (Å²) in [7, 11) is 0. The third kappa shape index (κ3) is 2.63. The number of aryl methyl sites for hydroxylation is 1. The number of nitrogens with zero attached hydrogens (tertiary/aromatic N) is 4. The van der Waals surface area contributed by atoms with Gasteiger partial charge in [0.05, 0.1) is 0 Å². The molecule has 106 valence electrons. The minimum atomic E-state index is 0.607. The van der Waals surface area contributed by atoms with Crippen molar-refractivity contribution in [3.63, 3.8) is 0 Å². The van der Waals surface area contributed by atoms with E-state index in [1.54, 1.807) is 4.52 Å². The second-order valence-electron chi connectivity index (χ2n) is 4.83. The normalized spacial score (nSPS) is 10.7. The van der Waals surface area contributed by atoms with Crippen LogP contribution >= 0.6 is 0 Å². The summed E-state index contributed by atoms with van der Waals surface area (Å²) in [6.45, 7) is 6.43. The van der Waals surface area contributed by atoms with Crippen LogP contribution in [0.5, 0.6) is 0 Å². The van der Waals surface area contributed by atoms with Crippen LogP contribution in [0.2, 0.25) is 0 Å². The zero-order valence-corrected chi connectivity index (χ0v) is 12.0. The highest BCUT2D eigenvalue weighted by Crippen LogP contribution is 2.22. The molecule has 0 aliphatic carbocycles. The van der Waals surface area contributed by atoms with Crippen LogP contribution in [0.25, 0.3) is 5.78 Å². The Morgan fingerprint density at radius 2 is 2.10 bits per heavy atom. The van der Waals surface area contributed by atoms with E-state index in [1.807, 2.05) is 31.2 Å². The van der Waals surface area contributed by atoms with Crippen molar-refractivity contribution >= 4 is 11.6 Å². The van der Waals surface area contributed by atoms with Gasteiger partial charge in [-0.15, -0.1) is 6.58 Å². The van der Waals surface area contributed by atoms with Crippen LogP contribution in [0.1, 0.15) is 16.8 Å². The fraction of sp³-hybridized carbons (Fsp3) is 0.188. The molecule has 0 fully saturated rings. The molecule has 3 aromatic rings. The van der Waals surface area contributed by atoms with Crippen LogP contribution in [-0.4, -0.2) is 26.1 Å². The molecule has 1 aromatic carbocycles. The fourth-order valence-corrected chi connectivity index (χ4v) is 2.35. The molecular formula is C16H17N5. The summed E-state index contributed by atoms with van der Waals surface area (Å²) < 4.78 is 1.74. The van der Waals surface area contributed by atoms with Crippen molar-refractivity contribution in [2.45, 2.75) is 13.3 Å². The Morgan fingerprint density at radius 1 is 1.29 bits per heavy atom. The smallest absolute Gasteiger partial charge is 0.254 e. The molecular weight excluding hydrogens is 262 g/mol. The Kier molecular flexibility index (Phi) is 3.64. The summed E-state index contributed by atoms with van der Waals surface area (Å²) in [4.78, 5) is 8.70. The zero-order chi connectivity index (χ0) is 14.7. The van der Waals surface area contributed by atoms with Crippen molar-refractivity contribution in [3.8, 4) is 0 Å². The predicted molar refractivity (Wildman–Crippen MR) is 83.5 cm³/mol. The van der Waals surface area contributed by atoms with Gasteiger partial charge in [-0.25, -0.2) is 4.98 Å². The highest BCUT2D eigenvalue weighted by Gasteiger charge is 2.14. The molecule has 0 aliphatic rings.